The second-order valence-electron chi connectivity index (χ2n) is 4.56. The number of carbonyl (C=O) groups is 1. The molecule has 0 aliphatic rings. The molecule has 0 saturated heterocycles. The van der Waals surface area contributed by atoms with Crippen molar-refractivity contribution in [2.75, 3.05) is 11.9 Å². The van der Waals surface area contributed by atoms with Crippen molar-refractivity contribution in [3.8, 4) is 0 Å². The summed E-state index contributed by atoms with van der Waals surface area (Å²) < 4.78 is 13.3. The summed E-state index contributed by atoms with van der Waals surface area (Å²) >= 11 is 5.59. The van der Waals surface area contributed by atoms with E-state index in [1.54, 1.807) is 18.2 Å². The Morgan fingerprint density at radius 2 is 2.19 bits per heavy atom. The topological polar surface area (TPSA) is 62.2 Å². The highest BCUT2D eigenvalue weighted by Crippen LogP contribution is 2.20. The monoisotopic (exact) mass is 308 g/mol. The van der Waals surface area contributed by atoms with Gasteiger partial charge in [-0.3, -0.25) is 4.79 Å². The molecule has 6 heteroatoms. The van der Waals surface area contributed by atoms with E-state index >= 15 is 0 Å². The van der Waals surface area contributed by atoms with Gasteiger partial charge in [0.05, 0.1) is 11.1 Å². The Morgan fingerprint density at radius 3 is 2.76 bits per heavy atom. The van der Waals surface area contributed by atoms with Crippen LogP contribution in [-0.2, 0) is 0 Å². The van der Waals surface area contributed by atoms with Crippen LogP contribution < -0.4 is 5.32 Å². The zero-order valence-corrected chi connectivity index (χ0v) is 12.1. The van der Waals surface area contributed by atoms with Crippen molar-refractivity contribution in [3.05, 3.63) is 58.5 Å². The number of aliphatic hydroxyl groups is 1. The molecule has 1 heterocycles. The van der Waals surface area contributed by atoms with Gasteiger partial charge in [0.15, 0.2) is 5.78 Å². The van der Waals surface area contributed by atoms with Gasteiger partial charge in [-0.25, -0.2) is 9.37 Å². The lowest BCUT2D eigenvalue weighted by Crippen LogP contribution is -2.13. The van der Waals surface area contributed by atoms with E-state index in [2.05, 4.69) is 10.3 Å². The van der Waals surface area contributed by atoms with E-state index in [0.29, 0.717) is 16.9 Å². The van der Waals surface area contributed by atoms with Gasteiger partial charge < -0.3 is 10.4 Å². The van der Waals surface area contributed by atoms with Crippen LogP contribution in [0.25, 0.3) is 0 Å². The van der Waals surface area contributed by atoms with Gasteiger partial charge in [-0.2, -0.15) is 0 Å². The van der Waals surface area contributed by atoms with Crippen LogP contribution in [0.2, 0.25) is 5.02 Å². The van der Waals surface area contributed by atoms with E-state index in [1.165, 1.54) is 25.3 Å². The maximum Gasteiger partial charge on any atom is 0.161 e. The molecule has 21 heavy (non-hydrogen) atoms. The Balaban J connectivity index is 1.98. The maximum absolute atomic E-state index is 13.3. The number of aromatic nitrogens is 1. The van der Waals surface area contributed by atoms with E-state index in [4.69, 9.17) is 11.6 Å². The number of nitrogens with zero attached hydrogens (tertiary/aromatic N) is 1. The fourth-order valence-corrected chi connectivity index (χ4v) is 1.86. The number of Topliss-reactive ketones (excluding diaryl/α,β-unsaturated/α-hetero) is 1. The molecule has 2 rings (SSSR count). The van der Waals surface area contributed by atoms with E-state index in [-0.39, 0.29) is 17.4 Å². The molecule has 0 amide bonds. The number of anilines is 1. The van der Waals surface area contributed by atoms with Crippen LogP contribution in [-0.4, -0.2) is 22.4 Å². The van der Waals surface area contributed by atoms with Gasteiger partial charge in [0, 0.05) is 18.3 Å². The summed E-state index contributed by atoms with van der Waals surface area (Å²) in [5.74, 6) is -0.114. The molecule has 0 spiro atoms. The molecular weight excluding hydrogens is 295 g/mol. The Bertz CT molecular complexity index is 647. The normalized spacial score (nSPS) is 12.0. The van der Waals surface area contributed by atoms with Gasteiger partial charge >= 0.3 is 0 Å². The number of rotatable bonds is 5. The number of nitrogens with one attached hydrogen (secondary N) is 1. The quantitative estimate of drug-likeness (QED) is 0.833. The molecule has 0 unspecified atom stereocenters. The summed E-state index contributed by atoms with van der Waals surface area (Å²) in [6, 6.07) is 7.44. The summed E-state index contributed by atoms with van der Waals surface area (Å²) in [6.45, 7) is 1.62. The van der Waals surface area contributed by atoms with Crippen LogP contribution in [0.15, 0.2) is 36.5 Å². The Hall–Kier alpha value is -1.98. The van der Waals surface area contributed by atoms with Crippen molar-refractivity contribution in [2.45, 2.75) is 13.0 Å². The molecule has 0 bridgehead atoms. The first-order valence-electron chi connectivity index (χ1n) is 6.31. The first-order valence-corrected chi connectivity index (χ1v) is 6.69. The van der Waals surface area contributed by atoms with Crippen LogP contribution in [0.1, 0.15) is 28.9 Å². The van der Waals surface area contributed by atoms with E-state index < -0.39 is 11.9 Å². The van der Waals surface area contributed by atoms with Crippen LogP contribution in [0, 0.1) is 5.82 Å². The molecule has 0 fully saturated rings. The van der Waals surface area contributed by atoms with Crippen molar-refractivity contribution < 1.29 is 14.3 Å². The maximum atomic E-state index is 13.3. The summed E-state index contributed by atoms with van der Waals surface area (Å²) in [4.78, 5) is 15.2. The highest BCUT2D eigenvalue weighted by molar-refractivity contribution is 6.30. The standard InChI is InChI=1S/C15H14ClFN2O2/c1-9(20)11-3-5-15(18-7-11)19-8-14(21)10-2-4-12(16)13(17)6-10/h2-7,14,21H,8H2,1H3,(H,18,19)/t14-/m0/s1. The molecule has 2 N–H and O–H groups in total. The molecule has 0 radical (unpaired) electrons. The molecule has 2 aromatic rings. The second kappa shape index (κ2) is 6.65. The van der Waals surface area contributed by atoms with Gasteiger partial charge in [-0.15, -0.1) is 0 Å². The number of hydrogen-bond acceptors (Lipinski definition) is 4. The minimum atomic E-state index is -0.897. The molecule has 1 atom stereocenters. The minimum absolute atomic E-state index is 0.0143. The molecule has 0 aliphatic carbocycles. The smallest absolute Gasteiger partial charge is 0.161 e. The Labute approximate surface area is 126 Å². The number of aliphatic hydroxyl groups excluding tert-OH is 1. The average molecular weight is 309 g/mol. The molecule has 0 aliphatic heterocycles. The summed E-state index contributed by atoms with van der Waals surface area (Å²) in [6.07, 6.45) is 0.560. The lowest BCUT2D eigenvalue weighted by atomic mass is 10.1. The predicted octanol–water partition coefficient (Wildman–Crippen LogP) is 3.22. The fraction of sp³-hybridized carbons (Fsp3) is 0.200. The SMILES string of the molecule is CC(=O)c1ccc(NC[C@H](O)c2ccc(Cl)c(F)c2)nc1. The number of hydrogen-bond donors (Lipinski definition) is 2. The molecule has 0 saturated carbocycles. The van der Waals surface area contributed by atoms with Crippen molar-refractivity contribution in [1.29, 1.82) is 0 Å². The second-order valence-corrected chi connectivity index (χ2v) is 4.97. The molecule has 1 aromatic heterocycles. The first kappa shape index (κ1) is 15.4. The Morgan fingerprint density at radius 1 is 1.43 bits per heavy atom. The third kappa shape index (κ3) is 4.00. The van der Waals surface area contributed by atoms with Gasteiger partial charge in [0.25, 0.3) is 0 Å². The number of carbonyl (C=O) groups excluding carboxylic acids is 1. The molecule has 110 valence electrons. The third-order valence-corrected chi connectivity index (χ3v) is 3.28. The van der Waals surface area contributed by atoms with Gasteiger partial charge in [-0.1, -0.05) is 17.7 Å². The number of halogens is 2. The van der Waals surface area contributed by atoms with E-state index in [9.17, 15) is 14.3 Å². The van der Waals surface area contributed by atoms with Crippen LogP contribution in [0.4, 0.5) is 10.2 Å². The number of ketones is 1. The van der Waals surface area contributed by atoms with Crippen molar-refractivity contribution in [3.63, 3.8) is 0 Å². The van der Waals surface area contributed by atoms with Crippen LogP contribution in [0.3, 0.4) is 0 Å². The summed E-state index contributed by atoms with van der Waals surface area (Å²) in [5, 5.41) is 12.9. The lowest BCUT2D eigenvalue weighted by Gasteiger charge is -2.13. The number of pyridine rings is 1. The van der Waals surface area contributed by atoms with Crippen molar-refractivity contribution in [1.82, 2.24) is 4.98 Å². The fourth-order valence-electron chi connectivity index (χ4n) is 1.75. The van der Waals surface area contributed by atoms with Crippen molar-refractivity contribution in [2.24, 2.45) is 0 Å². The summed E-state index contributed by atoms with van der Waals surface area (Å²) in [5.41, 5.74) is 0.936. The van der Waals surface area contributed by atoms with E-state index in [1.807, 2.05) is 0 Å². The van der Waals surface area contributed by atoms with Gasteiger partial charge in [-0.05, 0) is 36.8 Å². The zero-order valence-electron chi connectivity index (χ0n) is 11.3. The van der Waals surface area contributed by atoms with Crippen molar-refractivity contribution >= 4 is 23.2 Å². The van der Waals surface area contributed by atoms with E-state index in [0.717, 1.165) is 0 Å². The highest BCUT2D eigenvalue weighted by Gasteiger charge is 2.10. The molecule has 4 nitrogen and oxygen atoms in total. The van der Waals surface area contributed by atoms with Crippen LogP contribution in [0.5, 0.6) is 0 Å². The average Bonchev–Trinajstić information content (AvgIpc) is 2.48. The van der Waals surface area contributed by atoms with Gasteiger partial charge in [0.1, 0.15) is 11.6 Å². The largest absolute Gasteiger partial charge is 0.387 e. The predicted molar refractivity (Wildman–Crippen MR) is 79.1 cm³/mol. The van der Waals surface area contributed by atoms with Crippen LogP contribution >= 0.6 is 11.6 Å². The summed E-state index contributed by atoms with van der Waals surface area (Å²) in [7, 11) is 0. The molecular formula is C15H14ClFN2O2. The Kier molecular flexibility index (Phi) is 4.88. The third-order valence-electron chi connectivity index (χ3n) is 2.97. The minimum Gasteiger partial charge on any atom is -0.387 e. The first-order chi connectivity index (χ1) is 9.97. The highest BCUT2D eigenvalue weighted by atomic mass is 35.5. The van der Waals surface area contributed by atoms with Gasteiger partial charge in [0.2, 0.25) is 0 Å². The number of benzene rings is 1. The molecule has 1 aromatic carbocycles. The lowest BCUT2D eigenvalue weighted by molar-refractivity contribution is 0.101. The zero-order chi connectivity index (χ0) is 15.4.